The molecule has 6 rings (SSSR count). The molecular weight excluding hydrogens is 403 g/mol. The zero-order chi connectivity index (χ0) is 21.3. The summed E-state index contributed by atoms with van der Waals surface area (Å²) in [6.07, 6.45) is 4.25. The SMILES string of the molecule is CC1(C)CCC(c2nc(N3C=NC4c5ccccc5N5C(=CN(C#N)C5F)N43)no2)O1. The number of hydrogen-bond donors (Lipinski definition) is 0. The molecule has 0 saturated carbocycles. The summed E-state index contributed by atoms with van der Waals surface area (Å²) in [6, 6.07) is 7.42. The van der Waals surface area contributed by atoms with Gasteiger partial charge in [-0.3, -0.25) is 4.90 Å². The Labute approximate surface area is 177 Å². The largest absolute Gasteiger partial charge is 0.362 e. The first-order valence-corrected chi connectivity index (χ1v) is 10.0. The summed E-state index contributed by atoms with van der Waals surface area (Å²) >= 11 is 0. The number of hydrazine groups is 1. The van der Waals surface area contributed by atoms with Crippen molar-refractivity contribution in [2.24, 2.45) is 4.99 Å². The molecule has 1 aromatic heterocycles. The number of fused-ring (bicyclic) bond motifs is 6. The second-order valence-electron chi connectivity index (χ2n) is 8.40. The molecule has 0 spiro atoms. The number of aliphatic imine (C=N–C) groups is 1. The maximum Gasteiger partial charge on any atom is 0.290 e. The monoisotopic (exact) mass is 422 g/mol. The number of para-hydroxylation sites is 1. The maximum absolute atomic E-state index is 15.1. The molecule has 3 unspecified atom stereocenters. The van der Waals surface area contributed by atoms with E-state index in [1.54, 1.807) is 16.4 Å². The molecule has 4 aliphatic heterocycles. The minimum Gasteiger partial charge on any atom is -0.362 e. The van der Waals surface area contributed by atoms with Crippen LogP contribution in [-0.2, 0) is 4.74 Å². The average Bonchev–Trinajstić information content (AvgIpc) is 3.52. The predicted octanol–water partition coefficient (Wildman–Crippen LogP) is 3.13. The quantitative estimate of drug-likeness (QED) is 0.534. The van der Waals surface area contributed by atoms with Crippen LogP contribution < -0.4 is 9.91 Å². The van der Waals surface area contributed by atoms with E-state index in [0.29, 0.717) is 17.4 Å². The van der Waals surface area contributed by atoms with Crippen LogP contribution in [0.25, 0.3) is 0 Å². The van der Waals surface area contributed by atoms with Gasteiger partial charge in [-0.2, -0.15) is 14.6 Å². The summed E-state index contributed by atoms with van der Waals surface area (Å²) in [4.78, 5) is 11.6. The molecule has 0 bridgehead atoms. The molecule has 5 heterocycles. The van der Waals surface area contributed by atoms with Gasteiger partial charge in [0.2, 0.25) is 0 Å². The van der Waals surface area contributed by atoms with E-state index < -0.39 is 12.6 Å². The molecule has 4 aliphatic rings. The molecule has 0 radical (unpaired) electrons. The summed E-state index contributed by atoms with van der Waals surface area (Å²) in [6.45, 7) is 4.06. The van der Waals surface area contributed by atoms with E-state index in [1.807, 2.05) is 44.3 Å². The molecule has 3 atom stereocenters. The predicted molar refractivity (Wildman–Crippen MR) is 106 cm³/mol. The molecule has 31 heavy (non-hydrogen) atoms. The van der Waals surface area contributed by atoms with E-state index in [0.717, 1.165) is 23.3 Å². The molecular formula is C20H19FN8O2. The Kier molecular flexibility index (Phi) is 3.62. The average molecular weight is 422 g/mol. The second kappa shape index (κ2) is 6.18. The van der Waals surface area contributed by atoms with Gasteiger partial charge in [0.15, 0.2) is 18.2 Å². The van der Waals surface area contributed by atoms with Gasteiger partial charge in [0, 0.05) is 5.56 Å². The zero-order valence-corrected chi connectivity index (χ0v) is 16.9. The third-order valence-electron chi connectivity index (χ3n) is 5.93. The molecule has 158 valence electrons. The number of nitrogens with zero attached hydrogens (tertiary/aromatic N) is 8. The van der Waals surface area contributed by atoms with Crippen LogP contribution in [0, 0.1) is 11.5 Å². The van der Waals surface area contributed by atoms with Crippen molar-refractivity contribution in [1.82, 2.24) is 20.0 Å². The first-order chi connectivity index (χ1) is 15.0. The number of alkyl halides is 1. The highest BCUT2D eigenvalue weighted by Crippen LogP contribution is 2.48. The van der Waals surface area contributed by atoms with Gasteiger partial charge in [0.05, 0.1) is 17.5 Å². The summed E-state index contributed by atoms with van der Waals surface area (Å²) in [5, 5.41) is 16.8. The van der Waals surface area contributed by atoms with E-state index in [9.17, 15) is 5.26 Å². The Morgan fingerprint density at radius 2 is 2.13 bits per heavy atom. The normalized spacial score (nSPS) is 27.8. The number of ether oxygens (including phenoxy) is 1. The number of rotatable bonds is 2. The topological polar surface area (TPSA) is 97.3 Å². The molecule has 1 saturated heterocycles. The van der Waals surface area contributed by atoms with Crippen LogP contribution in [-0.4, -0.2) is 38.4 Å². The number of hydrogen-bond acceptors (Lipinski definition) is 10. The first-order valence-electron chi connectivity index (χ1n) is 10.0. The molecule has 0 amide bonds. The van der Waals surface area contributed by atoms with Crippen molar-refractivity contribution in [2.45, 2.75) is 51.0 Å². The van der Waals surface area contributed by atoms with Crippen LogP contribution >= 0.6 is 0 Å². The Bertz CT molecular complexity index is 1150. The summed E-state index contributed by atoms with van der Waals surface area (Å²) < 4.78 is 26.6. The minimum absolute atomic E-state index is 0.234. The molecule has 1 aromatic carbocycles. The van der Waals surface area contributed by atoms with E-state index in [2.05, 4.69) is 15.1 Å². The van der Waals surface area contributed by atoms with Gasteiger partial charge in [-0.05, 0) is 37.9 Å². The molecule has 2 aromatic rings. The van der Waals surface area contributed by atoms with Crippen LogP contribution in [0.3, 0.4) is 0 Å². The van der Waals surface area contributed by atoms with Gasteiger partial charge in [-0.1, -0.05) is 18.2 Å². The van der Waals surface area contributed by atoms with E-state index in [4.69, 9.17) is 9.26 Å². The van der Waals surface area contributed by atoms with Crippen LogP contribution in [0.4, 0.5) is 16.0 Å². The summed E-state index contributed by atoms with van der Waals surface area (Å²) in [5.74, 6) is 1.12. The van der Waals surface area contributed by atoms with Gasteiger partial charge in [-0.15, -0.1) is 0 Å². The van der Waals surface area contributed by atoms with E-state index in [1.165, 1.54) is 11.1 Å². The lowest BCUT2D eigenvalue weighted by atomic mass is 10.1. The fourth-order valence-electron chi connectivity index (χ4n) is 4.46. The Balaban J connectivity index is 1.38. The number of aromatic nitrogens is 2. The highest BCUT2D eigenvalue weighted by atomic mass is 19.1. The van der Waals surface area contributed by atoms with Gasteiger partial charge < -0.3 is 9.26 Å². The van der Waals surface area contributed by atoms with Crippen molar-refractivity contribution in [3.05, 3.63) is 47.7 Å². The van der Waals surface area contributed by atoms with Gasteiger partial charge in [0.25, 0.3) is 18.3 Å². The third-order valence-corrected chi connectivity index (χ3v) is 5.93. The lowest BCUT2D eigenvalue weighted by Gasteiger charge is -2.42. The van der Waals surface area contributed by atoms with Crippen molar-refractivity contribution < 1.29 is 13.7 Å². The minimum atomic E-state index is -1.65. The number of halogens is 1. The van der Waals surface area contributed by atoms with E-state index >= 15 is 4.39 Å². The lowest BCUT2D eigenvalue weighted by molar-refractivity contribution is -0.0292. The fraction of sp³-hybridized carbons (Fsp3) is 0.400. The van der Waals surface area contributed by atoms with Crippen molar-refractivity contribution >= 4 is 18.0 Å². The van der Waals surface area contributed by atoms with Gasteiger partial charge >= 0.3 is 0 Å². The molecule has 1 fully saturated rings. The Hall–Kier alpha value is -3.65. The smallest absolute Gasteiger partial charge is 0.290 e. The van der Waals surface area contributed by atoms with Crippen molar-refractivity contribution in [2.75, 3.05) is 9.91 Å². The van der Waals surface area contributed by atoms with E-state index in [-0.39, 0.29) is 17.7 Å². The van der Waals surface area contributed by atoms with Crippen molar-refractivity contribution in [3.8, 4) is 6.19 Å². The lowest BCUT2D eigenvalue weighted by Crippen LogP contribution is -2.49. The zero-order valence-electron chi connectivity index (χ0n) is 16.9. The Morgan fingerprint density at radius 3 is 2.90 bits per heavy atom. The van der Waals surface area contributed by atoms with Crippen molar-refractivity contribution in [1.29, 1.82) is 5.26 Å². The summed E-state index contributed by atoms with van der Waals surface area (Å²) in [5.41, 5.74) is 1.24. The second-order valence-corrected chi connectivity index (χ2v) is 8.40. The molecule has 0 N–H and O–H groups in total. The van der Waals surface area contributed by atoms with Gasteiger partial charge in [-0.25, -0.2) is 19.9 Å². The molecule has 0 aliphatic carbocycles. The van der Waals surface area contributed by atoms with Crippen LogP contribution in [0.5, 0.6) is 0 Å². The van der Waals surface area contributed by atoms with Crippen molar-refractivity contribution in [3.63, 3.8) is 0 Å². The number of benzene rings is 1. The molecule has 10 nitrogen and oxygen atoms in total. The van der Waals surface area contributed by atoms with Crippen LogP contribution in [0.1, 0.15) is 50.4 Å². The summed E-state index contributed by atoms with van der Waals surface area (Å²) in [7, 11) is 0. The third kappa shape index (κ3) is 2.55. The number of nitriles is 1. The fourth-order valence-corrected chi connectivity index (χ4v) is 4.46. The highest BCUT2D eigenvalue weighted by molar-refractivity contribution is 5.80. The molecule has 11 heteroatoms. The highest BCUT2D eigenvalue weighted by Gasteiger charge is 2.49. The van der Waals surface area contributed by atoms with Crippen LogP contribution in [0.2, 0.25) is 0 Å². The van der Waals surface area contributed by atoms with Gasteiger partial charge in [0.1, 0.15) is 12.4 Å². The number of anilines is 2. The Morgan fingerprint density at radius 1 is 1.29 bits per heavy atom. The maximum atomic E-state index is 15.1. The standard InChI is InChI=1S/C20H19FN8O2/c1-20(2)8-7-14(30-20)17-24-19(25-31-17)27-11-23-16-12-5-3-4-6-13(12)28-15(29(16)27)9-26(10-22)18(28)21/h3-6,9,11,14,16,18H,7-8H2,1-2H3. The van der Waals surface area contributed by atoms with Crippen LogP contribution in [0.15, 0.2) is 45.8 Å². The first kappa shape index (κ1) is 18.1.